The molecule has 1 aliphatic heterocycles. The fourth-order valence-electron chi connectivity index (χ4n) is 2.99. The van der Waals surface area contributed by atoms with E-state index in [2.05, 4.69) is 16.7 Å². The molecule has 1 fully saturated rings. The Morgan fingerprint density at radius 3 is 2.69 bits per heavy atom. The van der Waals surface area contributed by atoms with Crippen LogP contribution < -0.4 is 10.6 Å². The average molecular weight is 237 g/mol. The number of hydrogen-bond acceptors (Lipinski definition) is 2. The van der Waals surface area contributed by atoms with Crippen LogP contribution in [0.3, 0.4) is 0 Å². The van der Waals surface area contributed by atoms with Crippen LogP contribution in [-0.2, 0) is 0 Å². The van der Waals surface area contributed by atoms with Gasteiger partial charge in [0.15, 0.2) is 0 Å². The highest BCUT2D eigenvalue weighted by atomic mass is 35.5. The Morgan fingerprint density at radius 2 is 1.88 bits per heavy atom. The zero-order chi connectivity index (χ0) is 11.0. The summed E-state index contributed by atoms with van der Waals surface area (Å²) in [6.07, 6.45) is 6.49. The summed E-state index contributed by atoms with van der Waals surface area (Å²) >= 11 is 6.06. The van der Waals surface area contributed by atoms with Gasteiger partial charge in [0.25, 0.3) is 0 Å². The Kier molecular flexibility index (Phi) is 2.47. The molecule has 2 aliphatic rings. The van der Waals surface area contributed by atoms with E-state index in [4.69, 9.17) is 11.6 Å². The van der Waals surface area contributed by atoms with E-state index in [1.165, 1.54) is 43.5 Å². The minimum absolute atomic E-state index is 0.322. The fraction of sp³-hybridized carbons (Fsp3) is 0.538. The van der Waals surface area contributed by atoms with E-state index >= 15 is 0 Å². The molecule has 16 heavy (non-hydrogen) atoms. The molecule has 0 amide bonds. The number of fused-ring (bicyclic) bond motifs is 1. The van der Waals surface area contributed by atoms with Gasteiger partial charge >= 0.3 is 0 Å². The number of benzene rings is 1. The number of anilines is 2. The largest absolute Gasteiger partial charge is 0.383 e. The van der Waals surface area contributed by atoms with E-state index < -0.39 is 0 Å². The third-order valence-corrected chi connectivity index (χ3v) is 4.10. The van der Waals surface area contributed by atoms with Crippen LogP contribution in [0.5, 0.6) is 0 Å². The molecule has 2 nitrogen and oxygen atoms in total. The molecular formula is C13H17ClN2. The summed E-state index contributed by atoms with van der Waals surface area (Å²) in [5.74, 6) is 0. The normalized spacial score (nSPS) is 22.1. The Labute approximate surface area is 101 Å². The molecule has 1 aromatic rings. The third kappa shape index (κ3) is 1.75. The molecule has 1 saturated carbocycles. The van der Waals surface area contributed by atoms with Crippen molar-refractivity contribution in [1.29, 1.82) is 0 Å². The van der Waals surface area contributed by atoms with Gasteiger partial charge in [-0.15, -0.1) is 0 Å². The van der Waals surface area contributed by atoms with Gasteiger partial charge in [0.1, 0.15) is 0 Å². The van der Waals surface area contributed by atoms with Crippen LogP contribution >= 0.6 is 11.6 Å². The highest BCUT2D eigenvalue weighted by Crippen LogP contribution is 2.40. The lowest BCUT2D eigenvalue weighted by atomic mass is 9.93. The van der Waals surface area contributed by atoms with Crippen LogP contribution in [0.4, 0.5) is 11.4 Å². The lowest BCUT2D eigenvalue weighted by molar-refractivity contribution is 0.461. The summed E-state index contributed by atoms with van der Waals surface area (Å²) in [5, 5.41) is 8.02. The second-order valence-corrected chi connectivity index (χ2v) is 5.42. The van der Waals surface area contributed by atoms with Crippen molar-refractivity contribution in [3.8, 4) is 0 Å². The molecule has 3 heteroatoms. The van der Waals surface area contributed by atoms with E-state index in [-0.39, 0.29) is 0 Å². The van der Waals surface area contributed by atoms with E-state index in [0.717, 1.165) is 11.6 Å². The van der Waals surface area contributed by atoms with Gasteiger partial charge in [0.05, 0.1) is 11.4 Å². The monoisotopic (exact) mass is 236 g/mol. The maximum absolute atomic E-state index is 6.06. The van der Waals surface area contributed by atoms with Crippen molar-refractivity contribution in [3.05, 3.63) is 23.2 Å². The molecule has 1 spiro atoms. The summed E-state index contributed by atoms with van der Waals surface area (Å²) in [6, 6.07) is 6.05. The molecule has 86 valence electrons. The fourth-order valence-corrected chi connectivity index (χ4v) is 3.16. The van der Waals surface area contributed by atoms with Gasteiger partial charge in [-0.2, -0.15) is 0 Å². The quantitative estimate of drug-likeness (QED) is 0.714. The topological polar surface area (TPSA) is 24.1 Å². The molecule has 1 aliphatic carbocycles. The Balaban J connectivity index is 1.96. The van der Waals surface area contributed by atoms with Gasteiger partial charge < -0.3 is 10.6 Å². The first-order valence-corrected chi connectivity index (χ1v) is 6.47. The highest BCUT2D eigenvalue weighted by molar-refractivity contribution is 6.31. The van der Waals surface area contributed by atoms with Gasteiger partial charge in [-0.3, -0.25) is 0 Å². The standard InChI is InChI=1S/C13H17ClN2/c14-10-3-4-11-12(9-10)16-13(7-8-15-11)5-1-2-6-13/h3-4,9,15-16H,1-2,5-8H2. The van der Waals surface area contributed by atoms with Gasteiger partial charge in [0.2, 0.25) is 0 Å². The van der Waals surface area contributed by atoms with Crippen molar-refractivity contribution in [2.45, 2.75) is 37.6 Å². The molecule has 1 heterocycles. The predicted octanol–water partition coefficient (Wildman–Crippen LogP) is 3.88. The van der Waals surface area contributed by atoms with Crippen LogP contribution in [0, 0.1) is 0 Å². The predicted molar refractivity (Wildman–Crippen MR) is 69.4 cm³/mol. The molecule has 1 aromatic carbocycles. The summed E-state index contributed by atoms with van der Waals surface area (Å²) in [6.45, 7) is 1.06. The molecule has 0 atom stereocenters. The number of rotatable bonds is 0. The molecule has 0 bridgehead atoms. The van der Waals surface area contributed by atoms with Crippen LogP contribution in [0.25, 0.3) is 0 Å². The van der Waals surface area contributed by atoms with Crippen LogP contribution in [0.2, 0.25) is 5.02 Å². The van der Waals surface area contributed by atoms with Gasteiger partial charge in [-0.05, 0) is 37.5 Å². The Bertz CT molecular complexity index is 397. The smallest absolute Gasteiger partial charge is 0.0595 e. The number of halogens is 1. The third-order valence-electron chi connectivity index (χ3n) is 3.86. The van der Waals surface area contributed by atoms with Crippen LogP contribution in [-0.4, -0.2) is 12.1 Å². The van der Waals surface area contributed by atoms with E-state index in [1.807, 2.05) is 12.1 Å². The molecule has 0 aromatic heterocycles. The summed E-state index contributed by atoms with van der Waals surface area (Å²) in [7, 11) is 0. The van der Waals surface area contributed by atoms with Gasteiger partial charge in [-0.25, -0.2) is 0 Å². The molecule has 0 saturated heterocycles. The molecule has 3 rings (SSSR count). The molecule has 0 radical (unpaired) electrons. The second-order valence-electron chi connectivity index (χ2n) is 4.98. The lowest BCUT2D eigenvalue weighted by Crippen LogP contribution is -2.35. The maximum atomic E-state index is 6.06. The first kappa shape index (κ1) is 10.3. The maximum Gasteiger partial charge on any atom is 0.0595 e. The van der Waals surface area contributed by atoms with E-state index in [1.54, 1.807) is 0 Å². The zero-order valence-corrected chi connectivity index (χ0v) is 10.1. The lowest BCUT2D eigenvalue weighted by Gasteiger charge is -2.29. The van der Waals surface area contributed by atoms with Crippen molar-refractivity contribution in [3.63, 3.8) is 0 Å². The molecule has 2 N–H and O–H groups in total. The highest BCUT2D eigenvalue weighted by Gasteiger charge is 2.35. The van der Waals surface area contributed by atoms with Crippen molar-refractivity contribution >= 4 is 23.0 Å². The first-order chi connectivity index (χ1) is 7.77. The average Bonchev–Trinajstić information content (AvgIpc) is 2.61. The van der Waals surface area contributed by atoms with Gasteiger partial charge in [0, 0.05) is 17.1 Å². The van der Waals surface area contributed by atoms with Crippen LogP contribution in [0.1, 0.15) is 32.1 Å². The minimum atomic E-state index is 0.322. The van der Waals surface area contributed by atoms with Gasteiger partial charge in [-0.1, -0.05) is 24.4 Å². The minimum Gasteiger partial charge on any atom is -0.383 e. The first-order valence-electron chi connectivity index (χ1n) is 6.09. The van der Waals surface area contributed by atoms with E-state index in [0.29, 0.717) is 5.54 Å². The number of hydrogen-bond donors (Lipinski definition) is 2. The second kappa shape index (κ2) is 3.85. The van der Waals surface area contributed by atoms with Crippen molar-refractivity contribution in [2.75, 3.05) is 17.2 Å². The SMILES string of the molecule is Clc1ccc2c(c1)NC1(CCCC1)CCN2. The zero-order valence-electron chi connectivity index (χ0n) is 9.35. The van der Waals surface area contributed by atoms with Crippen molar-refractivity contribution in [1.82, 2.24) is 0 Å². The summed E-state index contributed by atoms with van der Waals surface area (Å²) < 4.78 is 0. The van der Waals surface area contributed by atoms with E-state index in [9.17, 15) is 0 Å². The summed E-state index contributed by atoms with van der Waals surface area (Å²) in [5.41, 5.74) is 2.68. The molecule has 0 unspecified atom stereocenters. The Hall–Kier alpha value is -0.890. The van der Waals surface area contributed by atoms with Crippen molar-refractivity contribution < 1.29 is 0 Å². The Morgan fingerprint density at radius 1 is 1.06 bits per heavy atom. The van der Waals surface area contributed by atoms with Crippen molar-refractivity contribution in [2.24, 2.45) is 0 Å². The van der Waals surface area contributed by atoms with Crippen LogP contribution in [0.15, 0.2) is 18.2 Å². The summed E-state index contributed by atoms with van der Waals surface area (Å²) in [4.78, 5) is 0. The number of nitrogens with one attached hydrogen (secondary N) is 2. The molecular weight excluding hydrogens is 220 g/mol.